The molecule has 0 aromatic heterocycles. The van der Waals surface area contributed by atoms with Crippen molar-refractivity contribution in [3.05, 3.63) is 29.8 Å². The first-order valence-electron chi connectivity index (χ1n) is 6.08. The van der Waals surface area contributed by atoms with Gasteiger partial charge in [0, 0.05) is 12.6 Å². The summed E-state index contributed by atoms with van der Waals surface area (Å²) in [6, 6.07) is 6.38. The third kappa shape index (κ3) is 5.94. The maximum atomic E-state index is 12.2. The molecule has 1 aromatic rings. The number of ether oxygens (including phenoxy) is 1. The second-order valence-corrected chi connectivity index (χ2v) is 4.52. The van der Waals surface area contributed by atoms with Crippen molar-refractivity contribution in [2.75, 3.05) is 13.1 Å². The van der Waals surface area contributed by atoms with E-state index in [4.69, 9.17) is 10.5 Å². The van der Waals surface area contributed by atoms with E-state index < -0.39 is 18.8 Å². The lowest BCUT2D eigenvalue weighted by atomic mass is 10.1. The maximum absolute atomic E-state index is 12.2. The van der Waals surface area contributed by atoms with Crippen LogP contribution in [-0.4, -0.2) is 25.4 Å². The van der Waals surface area contributed by atoms with E-state index in [1.165, 1.54) is 0 Å². The predicted octanol–water partition coefficient (Wildman–Crippen LogP) is 2.63. The average Bonchev–Trinajstić information content (AvgIpc) is 2.29. The van der Waals surface area contributed by atoms with Crippen molar-refractivity contribution >= 4 is 0 Å². The third-order valence-corrected chi connectivity index (χ3v) is 2.44. The number of nitrogens with two attached hydrogens (primary N) is 1. The summed E-state index contributed by atoms with van der Waals surface area (Å²) >= 11 is 0. The number of hydrogen-bond donors (Lipinski definition) is 2. The van der Waals surface area contributed by atoms with Crippen molar-refractivity contribution in [3.8, 4) is 5.75 Å². The number of hydrogen-bond acceptors (Lipinski definition) is 3. The summed E-state index contributed by atoms with van der Waals surface area (Å²) in [5.74, 6) is 0.686. The van der Waals surface area contributed by atoms with E-state index in [9.17, 15) is 13.2 Å². The van der Waals surface area contributed by atoms with E-state index in [0.717, 1.165) is 0 Å². The molecule has 1 rings (SSSR count). The van der Waals surface area contributed by atoms with Crippen LogP contribution in [0.2, 0.25) is 0 Å². The highest BCUT2D eigenvalue weighted by Crippen LogP contribution is 2.20. The summed E-state index contributed by atoms with van der Waals surface area (Å²) in [5.41, 5.74) is 6.20. The van der Waals surface area contributed by atoms with Crippen molar-refractivity contribution in [3.63, 3.8) is 0 Å². The first kappa shape index (κ1) is 15.8. The van der Waals surface area contributed by atoms with Gasteiger partial charge in [0.1, 0.15) is 5.75 Å². The third-order valence-electron chi connectivity index (χ3n) is 2.44. The van der Waals surface area contributed by atoms with E-state index in [0.29, 0.717) is 11.3 Å². The largest absolute Gasteiger partial charge is 0.491 e. The summed E-state index contributed by atoms with van der Waals surface area (Å²) in [5, 5.41) is 2.40. The molecule has 108 valence electrons. The topological polar surface area (TPSA) is 47.3 Å². The highest BCUT2D eigenvalue weighted by Gasteiger charge is 2.28. The lowest BCUT2D eigenvalue weighted by Gasteiger charge is -2.19. The van der Waals surface area contributed by atoms with Crippen LogP contribution in [-0.2, 0) is 0 Å². The molecule has 0 fully saturated rings. The van der Waals surface area contributed by atoms with Gasteiger partial charge in [-0.1, -0.05) is 12.1 Å². The maximum Gasteiger partial charge on any atom is 0.401 e. The highest BCUT2D eigenvalue weighted by atomic mass is 19.4. The number of rotatable bonds is 6. The molecule has 0 aliphatic carbocycles. The van der Waals surface area contributed by atoms with Crippen LogP contribution in [0, 0.1) is 0 Å². The molecule has 0 saturated heterocycles. The van der Waals surface area contributed by atoms with E-state index in [1.807, 2.05) is 13.8 Å². The van der Waals surface area contributed by atoms with Gasteiger partial charge < -0.3 is 15.8 Å². The standard InChI is InChI=1S/C13H19F3N2O/c1-9(2)19-11-5-3-10(4-6-11)12(7-17)18-8-13(14,15)16/h3-6,9,12,18H,7-8,17H2,1-2H3. The van der Waals surface area contributed by atoms with Crippen LogP contribution in [0.3, 0.4) is 0 Å². The molecule has 6 heteroatoms. The molecule has 0 saturated carbocycles. The summed E-state index contributed by atoms with van der Waals surface area (Å²) in [4.78, 5) is 0. The first-order chi connectivity index (χ1) is 8.81. The van der Waals surface area contributed by atoms with E-state index >= 15 is 0 Å². The van der Waals surface area contributed by atoms with Crippen LogP contribution in [0.4, 0.5) is 13.2 Å². The van der Waals surface area contributed by atoms with Crippen molar-refractivity contribution in [1.82, 2.24) is 5.32 Å². The first-order valence-corrected chi connectivity index (χ1v) is 6.08. The van der Waals surface area contributed by atoms with Crippen molar-refractivity contribution < 1.29 is 17.9 Å². The average molecular weight is 276 g/mol. The lowest BCUT2D eigenvalue weighted by Crippen LogP contribution is -2.35. The summed E-state index contributed by atoms with van der Waals surface area (Å²) in [7, 11) is 0. The number of nitrogens with one attached hydrogen (secondary N) is 1. The van der Waals surface area contributed by atoms with E-state index in [1.54, 1.807) is 24.3 Å². The second-order valence-electron chi connectivity index (χ2n) is 4.52. The normalized spacial score (nSPS) is 13.6. The molecule has 0 heterocycles. The molecule has 0 aliphatic heterocycles. The molecule has 3 N–H and O–H groups in total. The predicted molar refractivity (Wildman–Crippen MR) is 68.1 cm³/mol. The number of alkyl halides is 3. The van der Waals surface area contributed by atoms with E-state index in [2.05, 4.69) is 5.32 Å². The second kappa shape index (κ2) is 6.77. The van der Waals surface area contributed by atoms with Gasteiger partial charge in [-0.15, -0.1) is 0 Å². The minimum absolute atomic E-state index is 0.0551. The molecule has 0 bridgehead atoms. The molecule has 0 radical (unpaired) electrons. The monoisotopic (exact) mass is 276 g/mol. The number of halogens is 3. The van der Waals surface area contributed by atoms with Gasteiger partial charge in [0.15, 0.2) is 0 Å². The van der Waals surface area contributed by atoms with Gasteiger partial charge in [0.25, 0.3) is 0 Å². The molecule has 0 aliphatic rings. The zero-order valence-corrected chi connectivity index (χ0v) is 11.0. The zero-order chi connectivity index (χ0) is 14.5. The van der Waals surface area contributed by atoms with Gasteiger partial charge in [-0.05, 0) is 31.5 Å². The molecule has 1 aromatic carbocycles. The Morgan fingerprint density at radius 3 is 2.21 bits per heavy atom. The Morgan fingerprint density at radius 1 is 1.21 bits per heavy atom. The SMILES string of the molecule is CC(C)Oc1ccc(C(CN)NCC(F)(F)F)cc1. The van der Waals surface area contributed by atoms with Crippen molar-refractivity contribution in [1.29, 1.82) is 0 Å². The van der Waals surface area contributed by atoms with Gasteiger partial charge in [-0.3, -0.25) is 0 Å². The Balaban J connectivity index is 2.66. The Labute approximate surface area is 110 Å². The van der Waals surface area contributed by atoms with Crippen LogP contribution in [0.15, 0.2) is 24.3 Å². The molecule has 1 atom stereocenters. The molecule has 0 amide bonds. The Morgan fingerprint density at radius 2 is 1.79 bits per heavy atom. The summed E-state index contributed by atoms with van der Waals surface area (Å²) < 4.78 is 41.9. The zero-order valence-electron chi connectivity index (χ0n) is 11.0. The van der Waals surface area contributed by atoms with Crippen LogP contribution in [0.5, 0.6) is 5.75 Å². The minimum Gasteiger partial charge on any atom is -0.491 e. The molecular formula is C13H19F3N2O. The van der Waals surface area contributed by atoms with Crippen LogP contribution in [0.1, 0.15) is 25.5 Å². The summed E-state index contributed by atoms with van der Waals surface area (Å²) in [6.45, 7) is 2.85. The van der Waals surface area contributed by atoms with Gasteiger partial charge in [0.05, 0.1) is 12.6 Å². The Hall–Kier alpha value is -1.27. The highest BCUT2D eigenvalue weighted by molar-refractivity contribution is 5.29. The Kier molecular flexibility index (Phi) is 5.62. The van der Waals surface area contributed by atoms with Gasteiger partial charge in [0.2, 0.25) is 0 Å². The van der Waals surface area contributed by atoms with Crippen LogP contribution >= 0.6 is 0 Å². The number of benzene rings is 1. The van der Waals surface area contributed by atoms with Crippen molar-refractivity contribution in [2.45, 2.75) is 32.2 Å². The van der Waals surface area contributed by atoms with Crippen LogP contribution < -0.4 is 15.8 Å². The van der Waals surface area contributed by atoms with Gasteiger partial charge >= 0.3 is 6.18 Å². The quantitative estimate of drug-likeness (QED) is 0.839. The smallest absolute Gasteiger partial charge is 0.401 e. The Bertz CT molecular complexity index is 376. The summed E-state index contributed by atoms with van der Waals surface area (Å²) in [6.07, 6.45) is -4.19. The fraction of sp³-hybridized carbons (Fsp3) is 0.538. The molecular weight excluding hydrogens is 257 g/mol. The fourth-order valence-corrected chi connectivity index (χ4v) is 1.63. The molecule has 3 nitrogen and oxygen atoms in total. The molecule has 19 heavy (non-hydrogen) atoms. The fourth-order valence-electron chi connectivity index (χ4n) is 1.63. The van der Waals surface area contributed by atoms with Crippen LogP contribution in [0.25, 0.3) is 0 Å². The lowest BCUT2D eigenvalue weighted by molar-refractivity contribution is -0.126. The molecule has 0 spiro atoms. The van der Waals surface area contributed by atoms with E-state index in [-0.39, 0.29) is 12.6 Å². The van der Waals surface area contributed by atoms with Crippen molar-refractivity contribution in [2.24, 2.45) is 5.73 Å². The van der Waals surface area contributed by atoms with Gasteiger partial charge in [-0.25, -0.2) is 0 Å². The minimum atomic E-state index is -4.24. The van der Waals surface area contributed by atoms with Gasteiger partial charge in [-0.2, -0.15) is 13.2 Å². The molecule has 1 unspecified atom stereocenters.